The molecular formula is C23H26ClN3O. The Labute approximate surface area is 172 Å². The number of hydrogen-bond donors (Lipinski definition) is 1. The van der Waals surface area contributed by atoms with Crippen molar-refractivity contribution in [3.05, 3.63) is 69.2 Å². The van der Waals surface area contributed by atoms with E-state index >= 15 is 0 Å². The van der Waals surface area contributed by atoms with Gasteiger partial charge in [-0.2, -0.15) is 5.26 Å². The number of carbonyl (C=O) groups is 1. The minimum Gasteiger partial charge on any atom is -0.378 e. The van der Waals surface area contributed by atoms with E-state index in [1.54, 1.807) is 12.3 Å². The van der Waals surface area contributed by atoms with E-state index in [1.165, 1.54) is 0 Å². The Morgan fingerprint density at radius 2 is 2.14 bits per heavy atom. The summed E-state index contributed by atoms with van der Waals surface area (Å²) in [4.78, 5) is 16.4. The van der Waals surface area contributed by atoms with Crippen LogP contribution in [0.1, 0.15) is 51.2 Å². The zero-order valence-corrected chi connectivity index (χ0v) is 17.6. The number of aryl methyl sites for hydroxylation is 1. The van der Waals surface area contributed by atoms with Crippen LogP contribution in [0.15, 0.2) is 52.9 Å². The molecule has 0 radical (unpaired) electrons. The average Bonchev–Trinajstić information content (AvgIpc) is 2.66. The molecule has 0 saturated carbocycles. The monoisotopic (exact) mass is 395 g/mol. The molecule has 28 heavy (non-hydrogen) atoms. The van der Waals surface area contributed by atoms with E-state index in [-0.39, 0.29) is 11.8 Å². The zero-order valence-electron chi connectivity index (χ0n) is 16.8. The van der Waals surface area contributed by atoms with Gasteiger partial charge in [0.25, 0.3) is 0 Å². The highest BCUT2D eigenvalue weighted by Gasteiger charge is 2.22. The van der Waals surface area contributed by atoms with Gasteiger partial charge in [0.15, 0.2) is 5.78 Å². The summed E-state index contributed by atoms with van der Waals surface area (Å²) in [6.45, 7) is 7.93. The van der Waals surface area contributed by atoms with Gasteiger partial charge in [0.05, 0.1) is 11.6 Å². The molecule has 0 bridgehead atoms. The molecule has 146 valence electrons. The normalized spacial score (nSPS) is 17.4. The van der Waals surface area contributed by atoms with Gasteiger partial charge in [-0.1, -0.05) is 37.6 Å². The molecule has 1 aromatic heterocycles. The molecule has 1 aliphatic heterocycles. The maximum absolute atomic E-state index is 12.2. The summed E-state index contributed by atoms with van der Waals surface area (Å²) < 4.78 is 0. The number of hydrogen-bond acceptors (Lipinski definition) is 4. The maximum Gasteiger partial charge on any atom is 0.158 e. The van der Waals surface area contributed by atoms with Crippen LogP contribution in [0.4, 0.5) is 0 Å². The first-order valence-electron chi connectivity index (χ1n) is 9.53. The Hall–Kier alpha value is -2.64. The third kappa shape index (κ3) is 5.21. The number of pyridine rings is 1. The van der Waals surface area contributed by atoms with Gasteiger partial charge < -0.3 is 5.32 Å². The van der Waals surface area contributed by atoms with Crippen LogP contribution in [-0.4, -0.2) is 16.8 Å². The molecule has 1 aliphatic rings. The van der Waals surface area contributed by atoms with Crippen LogP contribution in [-0.2, 0) is 4.79 Å². The summed E-state index contributed by atoms with van der Waals surface area (Å²) in [5.74, 6) is 0.171. The summed E-state index contributed by atoms with van der Waals surface area (Å²) in [7, 11) is 0. The highest BCUT2D eigenvalue weighted by Crippen LogP contribution is 2.31. The standard InChI is InChI=1S/C23H26ClN3O/c1-5-7-17(12-25)19(11-18-13-27-23(24)10-15(18)3)20-14-26-21(9-16(20)4)22(28)8-6-2/h7,9-11,13-14,21,26H,5-6,8H2,1-4H3/b17-7+,19-11+. The van der Waals surface area contributed by atoms with Gasteiger partial charge in [0.1, 0.15) is 11.2 Å². The Morgan fingerprint density at radius 1 is 1.39 bits per heavy atom. The van der Waals surface area contributed by atoms with Crippen molar-refractivity contribution in [2.45, 2.75) is 53.0 Å². The van der Waals surface area contributed by atoms with Crippen molar-refractivity contribution >= 4 is 23.5 Å². The fourth-order valence-corrected chi connectivity index (χ4v) is 3.32. The fourth-order valence-electron chi connectivity index (χ4n) is 3.11. The predicted octanol–water partition coefficient (Wildman–Crippen LogP) is 5.46. The molecule has 0 aliphatic carbocycles. The molecule has 5 heteroatoms. The van der Waals surface area contributed by atoms with Crippen LogP contribution >= 0.6 is 11.6 Å². The molecule has 0 spiro atoms. The SMILES string of the molecule is CC/C=C(C#N)/C(=C\c1cnc(Cl)cc1C)C1=CNC(C(=O)CCC)C=C1C. The van der Waals surface area contributed by atoms with E-state index in [0.717, 1.165) is 40.7 Å². The fraction of sp³-hybridized carbons (Fsp3) is 0.348. The summed E-state index contributed by atoms with van der Waals surface area (Å²) >= 11 is 5.98. The molecule has 4 nitrogen and oxygen atoms in total. The van der Waals surface area contributed by atoms with Crippen LogP contribution in [0, 0.1) is 18.3 Å². The molecule has 0 saturated heterocycles. The van der Waals surface area contributed by atoms with E-state index in [0.29, 0.717) is 17.1 Å². The summed E-state index contributed by atoms with van der Waals surface area (Å²) in [6, 6.07) is 3.80. The van der Waals surface area contributed by atoms with Gasteiger partial charge in [-0.25, -0.2) is 4.98 Å². The van der Waals surface area contributed by atoms with E-state index in [4.69, 9.17) is 11.6 Å². The third-order valence-electron chi connectivity index (χ3n) is 4.62. The van der Waals surface area contributed by atoms with E-state index in [1.807, 2.05) is 52.1 Å². The number of aromatic nitrogens is 1. The van der Waals surface area contributed by atoms with Crippen molar-refractivity contribution in [2.24, 2.45) is 0 Å². The van der Waals surface area contributed by atoms with Crippen molar-refractivity contribution in [2.75, 3.05) is 0 Å². The molecule has 1 aromatic rings. The minimum atomic E-state index is -0.315. The number of nitriles is 1. The van der Waals surface area contributed by atoms with E-state index < -0.39 is 0 Å². The zero-order chi connectivity index (χ0) is 20.7. The van der Waals surface area contributed by atoms with Crippen LogP contribution in [0.5, 0.6) is 0 Å². The Morgan fingerprint density at radius 3 is 2.71 bits per heavy atom. The molecule has 1 unspecified atom stereocenters. The topological polar surface area (TPSA) is 65.8 Å². The number of ketones is 1. The minimum absolute atomic E-state index is 0.171. The first-order chi connectivity index (χ1) is 13.4. The molecule has 0 fully saturated rings. The molecule has 2 heterocycles. The van der Waals surface area contributed by atoms with Crippen molar-refractivity contribution < 1.29 is 4.79 Å². The second-order valence-electron chi connectivity index (χ2n) is 6.83. The van der Waals surface area contributed by atoms with Crippen LogP contribution in [0.25, 0.3) is 6.08 Å². The second kappa shape index (κ2) is 10.1. The number of nitrogens with one attached hydrogen (secondary N) is 1. The average molecular weight is 396 g/mol. The smallest absolute Gasteiger partial charge is 0.158 e. The molecule has 2 rings (SSSR count). The second-order valence-corrected chi connectivity index (χ2v) is 7.22. The quantitative estimate of drug-likeness (QED) is 0.378. The summed E-state index contributed by atoms with van der Waals surface area (Å²) in [5.41, 5.74) is 5.14. The number of dihydropyridines is 1. The van der Waals surface area contributed by atoms with Crippen LogP contribution in [0.2, 0.25) is 5.15 Å². The number of nitrogens with zero attached hydrogens (tertiary/aromatic N) is 2. The highest BCUT2D eigenvalue weighted by molar-refractivity contribution is 6.29. The molecular weight excluding hydrogens is 370 g/mol. The van der Waals surface area contributed by atoms with Gasteiger partial charge in [-0.15, -0.1) is 0 Å². The van der Waals surface area contributed by atoms with E-state index in [9.17, 15) is 10.1 Å². The number of allylic oxidation sites excluding steroid dienone is 5. The van der Waals surface area contributed by atoms with Crippen molar-refractivity contribution in [1.29, 1.82) is 5.26 Å². The van der Waals surface area contributed by atoms with Crippen molar-refractivity contribution in [3.8, 4) is 6.07 Å². The predicted molar refractivity (Wildman–Crippen MR) is 115 cm³/mol. The van der Waals surface area contributed by atoms with Gasteiger partial charge in [0.2, 0.25) is 0 Å². The van der Waals surface area contributed by atoms with Gasteiger partial charge in [-0.3, -0.25) is 4.79 Å². The highest BCUT2D eigenvalue weighted by atomic mass is 35.5. The Bertz CT molecular complexity index is 916. The lowest BCUT2D eigenvalue weighted by Crippen LogP contribution is -2.34. The van der Waals surface area contributed by atoms with Gasteiger partial charge in [-0.05, 0) is 55.5 Å². The third-order valence-corrected chi connectivity index (χ3v) is 4.83. The number of carbonyl (C=O) groups excluding carboxylic acids is 1. The molecule has 0 aromatic carbocycles. The number of Topliss-reactive ketones (excluding diaryl/α,β-unsaturated/α-hetero) is 1. The molecule has 0 amide bonds. The lowest BCUT2D eigenvalue weighted by atomic mass is 9.88. The number of halogens is 1. The van der Waals surface area contributed by atoms with E-state index in [2.05, 4.69) is 16.4 Å². The van der Waals surface area contributed by atoms with Crippen LogP contribution < -0.4 is 5.32 Å². The first-order valence-corrected chi connectivity index (χ1v) is 9.91. The largest absolute Gasteiger partial charge is 0.378 e. The lowest BCUT2D eigenvalue weighted by Gasteiger charge is -2.23. The van der Waals surface area contributed by atoms with Crippen molar-refractivity contribution in [1.82, 2.24) is 10.3 Å². The number of rotatable bonds is 7. The van der Waals surface area contributed by atoms with Gasteiger partial charge in [0, 0.05) is 30.0 Å². The Balaban J connectivity index is 2.51. The lowest BCUT2D eigenvalue weighted by molar-refractivity contribution is -0.119. The first kappa shape index (κ1) is 21.7. The van der Waals surface area contributed by atoms with Crippen molar-refractivity contribution in [3.63, 3.8) is 0 Å². The van der Waals surface area contributed by atoms with Gasteiger partial charge >= 0.3 is 0 Å². The molecule has 1 N–H and O–H groups in total. The summed E-state index contributed by atoms with van der Waals surface area (Å²) in [6.07, 6.45) is 11.5. The maximum atomic E-state index is 12.2. The Kier molecular flexibility index (Phi) is 7.78. The van der Waals surface area contributed by atoms with Crippen LogP contribution in [0.3, 0.4) is 0 Å². The summed E-state index contributed by atoms with van der Waals surface area (Å²) in [5, 5.41) is 13.4. The molecule has 1 atom stereocenters.